The van der Waals surface area contributed by atoms with Gasteiger partial charge in [0.15, 0.2) is 5.78 Å². The molecule has 98 valence electrons. The first-order chi connectivity index (χ1) is 8.99. The summed E-state index contributed by atoms with van der Waals surface area (Å²) in [6, 6.07) is 7.01. The predicted molar refractivity (Wildman–Crippen MR) is 79.4 cm³/mol. The van der Waals surface area contributed by atoms with Crippen LogP contribution in [0.2, 0.25) is 0 Å². The number of aromatic nitrogens is 2. The molecule has 0 radical (unpaired) electrons. The molecule has 0 bridgehead atoms. The minimum atomic E-state index is -0.252. The Morgan fingerprint density at radius 3 is 2.53 bits per heavy atom. The van der Waals surface area contributed by atoms with E-state index in [1.54, 1.807) is 31.2 Å². The molecule has 6 heteroatoms. The standard InChI is InChI=1S/C13H10Br2N2O2/c1-8-12(15)13(19)17(7-16-8)6-11(18)9-2-4-10(14)5-3-9/h2-5,7H,6H2,1H3. The predicted octanol–water partition coefficient (Wildman–Crippen LogP) is 2.96. The summed E-state index contributed by atoms with van der Waals surface area (Å²) in [5, 5.41) is 0. The van der Waals surface area contributed by atoms with E-state index in [1.165, 1.54) is 10.9 Å². The number of nitrogens with zero attached hydrogens (tertiary/aromatic N) is 2. The van der Waals surface area contributed by atoms with Crippen molar-refractivity contribution >= 4 is 37.6 Å². The van der Waals surface area contributed by atoms with Gasteiger partial charge in [0.25, 0.3) is 5.56 Å². The third-order valence-electron chi connectivity index (χ3n) is 2.64. The van der Waals surface area contributed by atoms with Crippen molar-refractivity contribution in [1.29, 1.82) is 0 Å². The monoisotopic (exact) mass is 384 g/mol. The number of aryl methyl sites for hydroxylation is 1. The molecule has 0 amide bonds. The summed E-state index contributed by atoms with van der Waals surface area (Å²) in [4.78, 5) is 28.0. The summed E-state index contributed by atoms with van der Waals surface area (Å²) < 4.78 is 2.58. The highest BCUT2D eigenvalue weighted by molar-refractivity contribution is 9.10. The fourth-order valence-corrected chi connectivity index (χ4v) is 2.14. The largest absolute Gasteiger partial charge is 0.292 e. The number of carbonyl (C=O) groups is 1. The van der Waals surface area contributed by atoms with E-state index < -0.39 is 0 Å². The molecule has 0 saturated carbocycles. The zero-order chi connectivity index (χ0) is 14.0. The normalized spacial score (nSPS) is 10.5. The fourth-order valence-electron chi connectivity index (χ4n) is 1.54. The van der Waals surface area contributed by atoms with Crippen molar-refractivity contribution < 1.29 is 4.79 Å². The Kier molecular flexibility index (Phi) is 4.31. The van der Waals surface area contributed by atoms with Gasteiger partial charge in [-0.2, -0.15) is 0 Å². The molecule has 0 spiro atoms. The molecule has 0 fully saturated rings. The van der Waals surface area contributed by atoms with E-state index >= 15 is 0 Å². The van der Waals surface area contributed by atoms with Crippen molar-refractivity contribution in [2.45, 2.75) is 13.5 Å². The minimum absolute atomic E-state index is 0.0215. The number of halogens is 2. The second kappa shape index (κ2) is 5.79. The first-order valence-electron chi connectivity index (χ1n) is 5.49. The van der Waals surface area contributed by atoms with Gasteiger partial charge in [-0.3, -0.25) is 14.2 Å². The third kappa shape index (κ3) is 3.19. The van der Waals surface area contributed by atoms with Crippen LogP contribution >= 0.6 is 31.9 Å². The van der Waals surface area contributed by atoms with Crippen LogP contribution in [0.4, 0.5) is 0 Å². The van der Waals surface area contributed by atoms with Gasteiger partial charge in [-0.15, -0.1) is 0 Å². The summed E-state index contributed by atoms with van der Waals surface area (Å²) in [7, 11) is 0. The van der Waals surface area contributed by atoms with Gasteiger partial charge in [0.1, 0.15) is 4.47 Å². The molecule has 0 aliphatic heterocycles. The van der Waals surface area contributed by atoms with E-state index in [2.05, 4.69) is 36.8 Å². The van der Waals surface area contributed by atoms with Crippen molar-refractivity contribution in [2.24, 2.45) is 0 Å². The Morgan fingerprint density at radius 1 is 1.26 bits per heavy atom. The van der Waals surface area contributed by atoms with Gasteiger partial charge in [0.2, 0.25) is 0 Å². The summed E-state index contributed by atoms with van der Waals surface area (Å²) in [6.45, 7) is 1.71. The smallest absolute Gasteiger partial charge is 0.268 e. The van der Waals surface area contributed by atoms with Gasteiger partial charge >= 0.3 is 0 Å². The second-order valence-electron chi connectivity index (χ2n) is 4.01. The first-order valence-corrected chi connectivity index (χ1v) is 7.08. The third-order valence-corrected chi connectivity index (χ3v) is 4.08. The molecule has 19 heavy (non-hydrogen) atoms. The average molecular weight is 386 g/mol. The van der Waals surface area contributed by atoms with E-state index in [9.17, 15) is 9.59 Å². The molecule has 0 N–H and O–H groups in total. The highest BCUT2D eigenvalue weighted by Gasteiger charge is 2.10. The zero-order valence-electron chi connectivity index (χ0n) is 10.1. The van der Waals surface area contributed by atoms with Gasteiger partial charge in [-0.05, 0) is 35.0 Å². The number of rotatable bonds is 3. The van der Waals surface area contributed by atoms with Crippen LogP contribution in [0.3, 0.4) is 0 Å². The number of carbonyl (C=O) groups excluding carboxylic acids is 1. The van der Waals surface area contributed by atoms with Gasteiger partial charge in [0, 0.05) is 10.0 Å². The van der Waals surface area contributed by atoms with E-state index in [0.29, 0.717) is 15.7 Å². The van der Waals surface area contributed by atoms with Crippen molar-refractivity contribution in [2.75, 3.05) is 0 Å². The highest BCUT2D eigenvalue weighted by atomic mass is 79.9. The number of hydrogen-bond acceptors (Lipinski definition) is 3. The van der Waals surface area contributed by atoms with Crippen molar-refractivity contribution in [3.8, 4) is 0 Å². The highest BCUT2D eigenvalue weighted by Crippen LogP contribution is 2.12. The average Bonchev–Trinajstić information content (AvgIpc) is 2.40. The lowest BCUT2D eigenvalue weighted by atomic mass is 10.1. The van der Waals surface area contributed by atoms with Crippen LogP contribution in [0.5, 0.6) is 0 Å². The molecule has 2 rings (SSSR count). The maximum atomic E-state index is 12.1. The summed E-state index contributed by atoms with van der Waals surface area (Å²) in [6.07, 6.45) is 1.39. The SMILES string of the molecule is Cc1ncn(CC(=O)c2ccc(Br)cc2)c(=O)c1Br. The molecular weight excluding hydrogens is 376 g/mol. The molecule has 0 aliphatic rings. The minimum Gasteiger partial charge on any atom is -0.292 e. The number of ketones is 1. The summed E-state index contributed by atoms with van der Waals surface area (Å²) in [5.41, 5.74) is 0.919. The van der Waals surface area contributed by atoms with E-state index in [4.69, 9.17) is 0 Å². The molecule has 2 aromatic rings. The molecule has 0 saturated heterocycles. The quantitative estimate of drug-likeness (QED) is 0.763. The lowest BCUT2D eigenvalue weighted by Gasteiger charge is -2.06. The van der Waals surface area contributed by atoms with Crippen LogP contribution in [0.1, 0.15) is 16.1 Å². The van der Waals surface area contributed by atoms with Crippen molar-refractivity contribution in [3.63, 3.8) is 0 Å². The zero-order valence-corrected chi connectivity index (χ0v) is 13.2. The van der Waals surface area contributed by atoms with Gasteiger partial charge in [-0.1, -0.05) is 28.1 Å². The van der Waals surface area contributed by atoms with Gasteiger partial charge in [-0.25, -0.2) is 4.98 Å². The lowest BCUT2D eigenvalue weighted by molar-refractivity contribution is 0.0970. The van der Waals surface area contributed by atoms with Crippen LogP contribution in [-0.2, 0) is 6.54 Å². The molecule has 0 unspecified atom stereocenters. The fraction of sp³-hybridized carbons (Fsp3) is 0.154. The first kappa shape index (κ1) is 14.1. The lowest BCUT2D eigenvalue weighted by Crippen LogP contribution is -2.25. The maximum absolute atomic E-state index is 12.1. The second-order valence-corrected chi connectivity index (χ2v) is 5.72. The Balaban J connectivity index is 2.27. The Hall–Kier alpha value is -1.27. The Labute approximate surface area is 126 Å². The van der Waals surface area contributed by atoms with E-state index in [-0.39, 0.29) is 17.9 Å². The van der Waals surface area contributed by atoms with Gasteiger partial charge in [0.05, 0.1) is 18.6 Å². The van der Waals surface area contributed by atoms with Gasteiger partial charge < -0.3 is 0 Å². The van der Waals surface area contributed by atoms with Crippen LogP contribution < -0.4 is 5.56 Å². The van der Waals surface area contributed by atoms with Crippen molar-refractivity contribution in [3.05, 3.63) is 61.1 Å². The molecule has 0 aliphatic carbocycles. The molecular formula is C13H10Br2N2O2. The van der Waals surface area contributed by atoms with Crippen LogP contribution in [-0.4, -0.2) is 15.3 Å². The van der Waals surface area contributed by atoms with E-state index in [1.807, 2.05) is 0 Å². The Bertz CT molecular complexity index is 678. The molecule has 1 aromatic heterocycles. The topological polar surface area (TPSA) is 52.0 Å². The number of hydrogen-bond donors (Lipinski definition) is 0. The van der Waals surface area contributed by atoms with Crippen molar-refractivity contribution in [1.82, 2.24) is 9.55 Å². The number of Topliss-reactive ketones (excluding diaryl/α,β-unsaturated/α-hetero) is 1. The summed E-state index contributed by atoms with van der Waals surface area (Å²) in [5.74, 6) is -0.132. The maximum Gasteiger partial charge on any atom is 0.268 e. The summed E-state index contributed by atoms with van der Waals surface area (Å²) >= 11 is 6.48. The molecule has 1 heterocycles. The molecule has 0 atom stereocenters. The van der Waals surface area contributed by atoms with E-state index in [0.717, 1.165) is 4.47 Å². The Morgan fingerprint density at radius 2 is 1.89 bits per heavy atom. The number of benzene rings is 1. The van der Waals surface area contributed by atoms with Crippen LogP contribution in [0, 0.1) is 6.92 Å². The van der Waals surface area contributed by atoms with Crippen LogP contribution in [0.15, 0.2) is 44.3 Å². The molecule has 1 aromatic carbocycles. The molecule has 4 nitrogen and oxygen atoms in total. The van der Waals surface area contributed by atoms with Crippen LogP contribution in [0.25, 0.3) is 0 Å².